The van der Waals surface area contributed by atoms with Crippen LogP contribution in [0.25, 0.3) is 11.6 Å². The van der Waals surface area contributed by atoms with Crippen molar-refractivity contribution in [3.63, 3.8) is 0 Å². The van der Waals surface area contributed by atoms with Gasteiger partial charge in [-0.2, -0.15) is 0 Å². The van der Waals surface area contributed by atoms with Crippen molar-refractivity contribution in [2.24, 2.45) is 0 Å². The molecule has 0 bridgehead atoms. The molecule has 23 heavy (non-hydrogen) atoms. The van der Waals surface area contributed by atoms with Crippen LogP contribution < -0.4 is 10.6 Å². The molecular weight excluding hydrogens is 284 g/mol. The maximum atomic E-state index is 10.5. The first-order valence-electron chi connectivity index (χ1n) is 8.05. The number of H-pyrrole nitrogens is 1. The Kier molecular flexibility index (Phi) is 4.47. The maximum Gasteiger partial charge on any atom is 0.144 e. The molecule has 0 radical (unpaired) electrons. The monoisotopic (exact) mass is 306 g/mol. The fraction of sp³-hybridized carbons (Fsp3) is 0.250. The highest BCUT2D eigenvalue weighted by Crippen LogP contribution is 2.20. The second kappa shape index (κ2) is 6.69. The third-order valence-electron chi connectivity index (χ3n) is 4.22. The molecule has 0 saturated carbocycles. The van der Waals surface area contributed by atoms with Crippen LogP contribution in [0.1, 0.15) is 31.0 Å². The lowest BCUT2D eigenvalue weighted by Crippen LogP contribution is -2.24. The van der Waals surface area contributed by atoms with E-state index in [9.17, 15) is 5.11 Å². The van der Waals surface area contributed by atoms with Gasteiger partial charge in [0.15, 0.2) is 0 Å². The lowest BCUT2D eigenvalue weighted by Gasteiger charge is -2.06. The lowest BCUT2D eigenvalue weighted by molar-refractivity contribution is 0.465. The highest BCUT2D eigenvalue weighted by atomic mass is 16.3. The smallest absolute Gasteiger partial charge is 0.144 e. The van der Waals surface area contributed by atoms with E-state index in [4.69, 9.17) is 0 Å². The lowest BCUT2D eigenvalue weighted by atomic mass is 10.0. The summed E-state index contributed by atoms with van der Waals surface area (Å²) in [5, 5.41) is 12.5. The number of aromatic amines is 1. The molecule has 3 nitrogen and oxygen atoms in total. The van der Waals surface area contributed by atoms with Gasteiger partial charge in [0.1, 0.15) is 5.75 Å². The number of aromatic nitrogens is 2. The summed E-state index contributed by atoms with van der Waals surface area (Å²) in [7, 11) is 0. The summed E-state index contributed by atoms with van der Waals surface area (Å²) in [6, 6.07) is 4.06. The standard InChI is InChI=1S/C20H22N2O/c1-3-6-16-12-14(11-15-7-5-10-21-13-15)8-9-18-19(16)20(23)17(4-2)22-18/h3,5,7,9-10,12-13,22-23H,1,4,6,8,11H2,2H3. The molecule has 0 aliphatic heterocycles. The van der Waals surface area contributed by atoms with Gasteiger partial charge in [-0.3, -0.25) is 4.98 Å². The molecule has 0 saturated heterocycles. The van der Waals surface area contributed by atoms with E-state index in [0.717, 1.165) is 47.5 Å². The predicted molar refractivity (Wildman–Crippen MR) is 94.4 cm³/mol. The van der Waals surface area contributed by atoms with Gasteiger partial charge in [-0.1, -0.05) is 36.8 Å². The van der Waals surface area contributed by atoms with E-state index >= 15 is 0 Å². The molecule has 118 valence electrons. The van der Waals surface area contributed by atoms with Gasteiger partial charge >= 0.3 is 0 Å². The summed E-state index contributed by atoms with van der Waals surface area (Å²) in [6.45, 7) is 5.91. The Bertz CT molecular complexity index is 857. The molecule has 2 aromatic rings. The number of fused-ring (bicyclic) bond motifs is 1. The van der Waals surface area contributed by atoms with Crippen molar-refractivity contribution in [2.45, 2.75) is 32.6 Å². The first kappa shape index (κ1) is 15.3. The first-order valence-corrected chi connectivity index (χ1v) is 8.05. The number of rotatable bonds is 5. The molecule has 2 heterocycles. The van der Waals surface area contributed by atoms with Crippen LogP contribution in [0.3, 0.4) is 0 Å². The van der Waals surface area contributed by atoms with Gasteiger partial charge in [-0.15, -0.1) is 6.58 Å². The zero-order valence-electron chi connectivity index (χ0n) is 13.5. The number of nitrogens with one attached hydrogen (secondary N) is 1. The molecule has 0 spiro atoms. The molecule has 0 amide bonds. The highest BCUT2D eigenvalue weighted by Gasteiger charge is 2.12. The maximum absolute atomic E-state index is 10.5. The third-order valence-corrected chi connectivity index (χ3v) is 4.22. The molecule has 0 fully saturated rings. The third kappa shape index (κ3) is 3.14. The van der Waals surface area contributed by atoms with Crippen molar-refractivity contribution < 1.29 is 5.11 Å². The summed E-state index contributed by atoms with van der Waals surface area (Å²) >= 11 is 0. The molecule has 3 heteroatoms. The number of aromatic hydroxyl groups is 1. The fourth-order valence-electron chi connectivity index (χ4n) is 3.11. The Balaban J connectivity index is 2.08. The molecule has 0 aromatic carbocycles. The van der Waals surface area contributed by atoms with Crippen molar-refractivity contribution >= 4 is 11.6 Å². The molecule has 0 atom stereocenters. The number of aryl methyl sites for hydroxylation is 1. The minimum Gasteiger partial charge on any atom is -0.505 e. The van der Waals surface area contributed by atoms with Gasteiger partial charge < -0.3 is 10.1 Å². The van der Waals surface area contributed by atoms with E-state index in [0.29, 0.717) is 5.75 Å². The van der Waals surface area contributed by atoms with Crippen LogP contribution >= 0.6 is 0 Å². The molecule has 1 aliphatic carbocycles. The van der Waals surface area contributed by atoms with Crippen LogP contribution in [-0.2, 0) is 12.8 Å². The Morgan fingerprint density at radius 2 is 2.30 bits per heavy atom. The van der Waals surface area contributed by atoms with Crippen molar-refractivity contribution in [3.05, 3.63) is 70.7 Å². The molecular formula is C20H22N2O. The van der Waals surface area contributed by atoms with Crippen LogP contribution in [0.4, 0.5) is 0 Å². The van der Waals surface area contributed by atoms with Gasteiger partial charge in [0.05, 0.1) is 5.69 Å². The highest BCUT2D eigenvalue weighted by molar-refractivity contribution is 5.65. The topological polar surface area (TPSA) is 48.9 Å². The van der Waals surface area contributed by atoms with E-state index < -0.39 is 0 Å². The number of hydrogen-bond donors (Lipinski definition) is 2. The van der Waals surface area contributed by atoms with Crippen LogP contribution in [0, 0.1) is 0 Å². The van der Waals surface area contributed by atoms with E-state index in [2.05, 4.69) is 34.8 Å². The van der Waals surface area contributed by atoms with Crippen LogP contribution in [0.5, 0.6) is 5.75 Å². The van der Waals surface area contributed by atoms with E-state index in [1.54, 1.807) is 6.20 Å². The van der Waals surface area contributed by atoms with Gasteiger partial charge in [0, 0.05) is 23.0 Å². The minimum atomic E-state index is 0.384. The summed E-state index contributed by atoms with van der Waals surface area (Å²) < 4.78 is 0. The second-order valence-electron chi connectivity index (χ2n) is 5.86. The molecule has 3 rings (SSSR count). The predicted octanol–water partition coefficient (Wildman–Crippen LogP) is 2.76. The zero-order chi connectivity index (χ0) is 16.2. The van der Waals surface area contributed by atoms with Crippen molar-refractivity contribution in [1.82, 2.24) is 9.97 Å². The van der Waals surface area contributed by atoms with Crippen molar-refractivity contribution in [3.8, 4) is 5.75 Å². The molecule has 2 N–H and O–H groups in total. The van der Waals surface area contributed by atoms with E-state index in [1.165, 1.54) is 11.1 Å². The summed E-state index contributed by atoms with van der Waals surface area (Å²) in [5.41, 5.74) is 4.54. The Labute approximate surface area is 136 Å². The molecule has 0 unspecified atom stereocenters. The number of pyridine rings is 1. The molecule has 1 aliphatic rings. The number of nitrogens with zero attached hydrogens (tertiary/aromatic N) is 1. The van der Waals surface area contributed by atoms with Gasteiger partial charge in [0.25, 0.3) is 0 Å². The van der Waals surface area contributed by atoms with Crippen molar-refractivity contribution in [1.29, 1.82) is 0 Å². The average Bonchev–Trinajstić information content (AvgIpc) is 2.78. The largest absolute Gasteiger partial charge is 0.505 e. The fourth-order valence-corrected chi connectivity index (χ4v) is 3.11. The van der Waals surface area contributed by atoms with Gasteiger partial charge in [0.2, 0.25) is 0 Å². The number of hydrogen-bond acceptors (Lipinski definition) is 2. The Hall–Kier alpha value is -2.55. The van der Waals surface area contributed by atoms with Crippen LogP contribution in [0.2, 0.25) is 0 Å². The summed E-state index contributed by atoms with van der Waals surface area (Å²) in [5.74, 6) is 0.384. The summed E-state index contributed by atoms with van der Waals surface area (Å²) in [6.07, 6.45) is 13.2. The van der Waals surface area contributed by atoms with E-state index in [1.807, 2.05) is 25.3 Å². The second-order valence-corrected chi connectivity index (χ2v) is 5.86. The van der Waals surface area contributed by atoms with Crippen LogP contribution in [-0.4, -0.2) is 15.1 Å². The SMILES string of the molecule is C=CCC1=c2c(O)c(CC)[nH]c2=CCC(Cc2cccnc2)=C1. The minimum absolute atomic E-state index is 0.384. The number of allylic oxidation sites excluding steroid dienone is 3. The van der Waals surface area contributed by atoms with Gasteiger partial charge in [-0.25, -0.2) is 0 Å². The normalized spacial score (nSPS) is 13.8. The Morgan fingerprint density at radius 1 is 1.43 bits per heavy atom. The van der Waals surface area contributed by atoms with Crippen molar-refractivity contribution in [2.75, 3.05) is 0 Å². The molecule has 2 aromatic heterocycles. The first-order chi connectivity index (χ1) is 11.2. The van der Waals surface area contributed by atoms with Crippen LogP contribution in [0.15, 0.2) is 48.8 Å². The Morgan fingerprint density at radius 3 is 3.00 bits per heavy atom. The van der Waals surface area contributed by atoms with Gasteiger partial charge in [-0.05, 0) is 42.9 Å². The quantitative estimate of drug-likeness (QED) is 0.835. The van der Waals surface area contributed by atoms with E-state index in [-0.39, 0.29) is 0 Å². The average molecular weight is 306 g/mol. The summed E-state index contributed by atoms with van der Waals surface area (Å²) in [4.78, 5) is 7.55. The zero-order valence-corrected chi connectivity index (χ0v) is 13.5.